The summed E-state index contributed by atoms with van der Waals surface area (Å²) in [4.78, 5) is 4.25. The maximum absolute atomic E-state index is 14.9. The second kappa shape index (κ2) is 9.80. The van der Waals surface area contributed by atoms with Crippen LogP contribution >= 0.6 is 0 Å². The van der Waals surface area contributed by atoms with Crippen LogP contribution in [0, 0.1) is 18.6 Å². The number of hydrogen-bond donors (Lipinski definition) is 2. The summed E-state index contributed by atoms with van der Waals surface area (Å²) < 4.78 is 52.9. The highest BCUT2D eigenvalue weighted by Gasteiger charge is 2.18. The van der Waals surface area contributed by atoms with Crippen molar-refractivity contribution in [3.63, 3.8) is 0 Å². The van der Waals surface area contributed by atoms with Crippen LogP contribution in [0.1, 0.15) is 28.3 Å². The number of nitrogens with zero attached hydrogens (tertiary/aromatic N) is 3. The molecule has 0 amide bonds. The van der Waals surface area contributed by atoms with Crippen LogP contribution in [-0.2, 0) is 29.5 Å². The number of primary sulfonamides is 1. The Morgan fingerprint density at radius 2 is 1.71 bits per heavy atom. The lowest BCUT2D eigenvalue weighted by Crippen LogP contribution is -2.14. The molecule has 176 valence electrons. The molecule has 7 nitrogen and oxygen atoms in total. The van der Waals surface area contributed by atoms with E-state index in [0.29, 0.717) is 36.7 Å². The highest BCUT2D eigenvalue weighted by atomic mass is 32.2. The molecule has 0 saturated heterocycles. The normalized spacial score (nSPS) is 11.6. The van der Waals surface area contributed by atoms with Gasteiger partial charge in [0.1, 0.15) is 23.1 Å². The first-order valence-corrected chi connectivity index (χ1v) is 12.0. The molecule has 0 aliphatic carbocycles. The van der Waals surface area contributed by atoms with Gasteiger partial charge in [0.2, 0.25) is 10.0 Å². The number of nitrogens with one attached hydrogen (secondary N) is 1. The smallest absolute Gasteiger partial charge is 0.238 e. The van der Waals surface area contributed by atoms with E-state index in [1.807, 2.05) is 30.3 Å². The number of hydrogen-bond acceptors (Lipinski definition) is 5. The Morgan fingerprint density at radius 1 is 0.941 bits per heavy atom. The number of sulfonamides is 1. The van der Waals surface area contributed by atoms with Crippen molar-refractivity contribution in [2.75, 3.05) is 0 Å². The Balaban J connectivity index is 1.61. The summed E-state index contributed by atoms with van der Waals surface area (Å²) in [5.74, 6) is -0.125. The van der Waals surface area contributed by atoms with Crippen molar-refractivity contribution in [1.82, 2.24) is 20.1 Å². The Morgan fingerprint density at radius 3 is 2.38 bits per heavy atom. The monoisotopic (exact) mass is 483 g/mol. The number of aromatic nitrogens is 3. The summed E-state index contributed by atoms with van der Waals surface area (Å²) in [5, 5.41) is 12.8. The second-order valence-electron chi connectivity index (χ2n) is 7.86. The quantitative estimate of drug-likeness (QED) is 0.400. The largest absolute Gasteiger partial charge is 0.306 e. The minimum Gasteiger partial charge on any atom is -0.306 e. The standard InChI is InChI=1S/C24H23F2N5O2S/c1-16-11-18(7-9-20(16)25)14-28-15-23-29-24(12-17-5-3-2-4-6-17)31(30-23)22-10-8-19(13-21(22)26)34(27,32)33/h2-11,13,28H,12,14-15H2,1H3,(H2,27,32,33). The molecule has 0 bridgehead atoms. The summed E-state index contributed by atoms with van der Waals surface area (Å²) in [6.45, 7) is 2.47. The molecule has 1 aromatic heterocycles. The molecule has 0 saturated carbocycles. The highest BCUT2D eigenvalue weighted by molar-refractivity contribution is 7.89. The molecule has 0 radical (unpaired) electrons. The van der Waals surface area contributed by atoms with E-state index < -0.39 is 15.8 Å². The number of halogens is 2. The zero-order valence-electron chi connectivity index (χ0n) is 18.4. The molecule has 1 heterocycles. The topological polar surface area (TPSA) is 103 Å². The molecule has 0 aliphatic heterocycles. The van der Waals surface area contributed by atoms with E-state index in [9.17, 15) is 17.2 Å². The van der Waals surface area contributed by atoms with E-state index in [2.05, 4.69) is 15.4 Å². The third-order valence-electron chi connectivity index (χ3n) is 5.23. The van der Waals surface area contributed by atoms with Crippen LogP contribution < -0.4 is 10.5 Å². The van der Waals surface area contributed by atoms with Crippen LogP contribution in [0.15, 0.2) is 71.6 Å². The molecular formula is C24H23F2N5O2S. The van der Waals surface area contributed by atoms with Gasteiger partial charge in [0.05, 0.1) is 11.4 Å². The Labute approximate surface area is 196 Å². The fourth-order valence-electron chi connectivity index (χ4n) is 3.52. The first kappa shape index (κ1) is 23.7. The predicted octanol–water partition coefficient (Wildman–Crippen LogP) is 3.38. The molecule has 0 unspecified atom stereocenters. The Bertz CT molecular complexity index is 1420. The van der Waals surface area contributed by atoms with E-state index in [1.165, 1.54) is 22.9 Å². The maximum Gasteiger partial charge on any atom is 0.238 e. The first-order chi connectivity index (χ1) is 16.2. The van der Waals surface area contributed by atoms with Gasteiger partial charge in [-0.3, -0.25) is 0 Å². The Hall–Kier alpha value is -3.47. The zero-order chi connectivity index (χ0) is 24.3. The van der Waals surface area contributed by atoms with Crippen molar-refractivity contribution in [2.24, 2.45) is 5.14 Å². The maximum atomic E-state index is 14.9. The molecule has 3 aromatic carbocycles. The van der Waals surface area contributed by atoms with Gasteiger partial charge in [-0.1, -0.05) is 42.5 Å². The molecule has 34 heavy (non-hydrogen) atoms. The van der Waals surface area contributed by atoms with Gasteiger partial charge in [0, 0.05) is 13.0 Å². The first-order valence-electron chi connectivity index (χ1n) is 10.5. The van der Waals surface area contributed by atoms with Crippen LogP contribution in [0.25, 0.3) is 5.69 Å². The van der Waals surface area contributed by atoms with Gasteiger partial charge in [0.25, 0.3) is 0 Å². The van der Waals surface area contributed by atoms with Crippen LogP contribution in [0.3, 0.4) is 0 Å². The lowest BCUT2D eigenvalue weighted by molar-refractivity contribution is 0.586. The van der Waals surface area contributed by atoms with Gasteiger partial charge in [-0.15, -0.1) is 5.10 Å². The molecule has 3 N–H and O–H groups in total. The predicted molar refractivity (Wildman–Crippen MR) is 124 cm³/mol. The van der Waals surface area contributed by atoms with Gasteiger partial charge < -0.3 is 5.32 Å². The minimum absolute atomic E-state index is 0.0613. The Kier molecular flexibility index (Phi) is 6.82. The number of aryl methyl sites for hydroxylation is 1. The van der Waals surface area contributed by atoms with E-state index in [1.54, 1.807) is 19.1 Å². The molecular weight excluding hydrogens is 460 g/mol. The van der Waals surface area contributed by atoms with Gasteiger partial charge >= 0.3 is 0 Å². The molecule has 0 aliphatic rings. The lowest BCUT2D eigenvalue weighted by atomic mass is 10.1. The molecule has 0 fully saturated rings. The van der Waals surface area contributed by atoms with Crippen molar-refractivity contribution >= 4 is 10.0 Å². The van der Waals surface area contributed by atoms with Crippen LogP contribution in [0.5, 0.6) is 0 Å². The van der Waals surface area contributed by atoms with Gasteiger partial charge in [-0.05, 0) is 47.9 Å². The summed E-state index contributed by atoms with van der Waals surface area (Å²) >= 11 is 0. The van der Waals surface area contributed by atoms with Crippen molar-refractivity contribution in [3.05, 3.63) is 107 Å². The second-order valence-corrected chi connectivity index (χ2v) is 9.43. The molecule has 0 atom stereocenters. The summed E-state index contributed by atoms with van der Waals surface area (Å²) in [6.07, 6.45) is 0.390. The van der Waals surface area contributed by atoms with Crippen molar-refractivity contribution in [3.8, 4) is 5.69 Å². The van der Waals surface area contributed by atoms with E-state index in [4.69, 9.17) is 5.14 Å². The third kappa shape index (κ3) is 5.53. The zero-order valence-corrected chi connectivity index (χ0v) is 19.2. The van der Waals surface area contributed by atoms with E-state index in [0.717, 1.165) is 17.2 Å². The molecule has 0 spiro atoms. The SMILES string of the molecule is Cc1cc(CNCc2nc(Cc3ccccc3)n(-c3ccc(S(N)(=O)=O)cc3F)n2)ccc1F. The molecule has 10 heteroatoms. The number of rotatable bonds is 8. The summed E-state index contributed by atoms with van der Waals surface area (Å²) in [5.41, 5.74) is 2.49. The fourth-order valence-corrected chi connectivity index (χ4v) is 4.05. The number of nitrogens with two attached hydrogens (primary N) is 1. The fraction of sp³-hybridized carbons (Fsp3) is 0.167. The minimum atomic E-state index is -4.04. The molecule has 4 aromatic rings. The van der Waals surface area contributed by atoms with Crippen molar-refractivity contribution in [2.45, 2.75) is 31.3 Å². The van der Waals surface area contributed by atoms with Gasteiger partial charge in [-0.2, -0.15) is 0 Å². The van der Waals surface area contributed by atoms with Gasteiger partial charge in [0.15, 0.2) is 5.82 Å². The number of benzene rings is 3. The summed E-state index contributed by atoms with van der Waals surface area (Å²) in [6, 6.07) is 17.8. The molecule has 4 rings (SSSR count). The van der Waals surface area contributed by atoms with Gasteiger partial charge in [-0.25, -0.2) is 32.0 Å². The summed E-state index contributed by atoms with van der Waals surface area (Å²) in [7, 11) is -4.04. The third-order valence-corrected chi connectivity index (χ3v) is 6.14. The highest BCUT2D eigenvalue weighted by Crippen LogP contribution is 2.20. The lowest BCUT2D eigenvalue weighted by Gasteiger charge is -2.08. The van der Waals surface area contributed by atoms with Crippen molar-refractivity contribution in [1.29, 1.82) is 0 Å². The van der Waals surface area contributed by atoms with Crippen molar-refractivity contribution < 1.29 is 17.2 Å². The van der Waals surface area contributed by atoms with Crippen LogP contribution in [-0.4, -0.2) is 23.2 Å². The van der Waals surface area contributed by atoms with Crippen LogP contribution in [0.4, 0.5) is 8.78 Å². The average molecular weight is 484 g/mol. The van der Waals surface area contributed by atoms with E-state index >= 15 is 0 Å². The average Bonchev–Trinajstić information content (AvgIpc) is 3.18. The van der Waals surface area contributed by atoms with E-state index in [-0.39, 0.29) is 16.4 Å². The van der Waals surface area contributed by atoms with Crippen LogP contribution in [0.2, 0.25) is 0 Å².